The summed E-state index contributed by atoms with van der Waals surface area (Å²) < 4.78 is 32.4. The standard InChI is InChI=1S/C21H26N2O4S/c1-16-7-8-20(17(2)13-16)28(25,26)23-11-9-22(10-12-23)15-18-5-4-6-19(14-18)21(24)27-3/h4-8,13-14H,9-12,15H2,1-3H3/p+1. The number of carbonyl (C=O) groups excluding carboxylic acids is 1. The fourth-order valence-electron chi connectivity index (χ4n) is 3.66. The van der Waals surface area contributed by atoms with Crippen LogP contribution in [0.2, 0.25) is 0 Å². The number of rotatable bonds is 5. The van der Waals surface area contributed by atoms with Gasteiger partial charge < -0.3 is 9.64 Å². The molecule has 0 radical (unpaired) electrons. The molecule has 0 unspecified atom stereocenters. The van der Waals surface area contributed by atoms with Gasteiger partial charge in [-0.2, -0.15) is 4.31 Å². The molecular formula is C21H27N2O4S+. The number of hydrogen-bond acceptors (Lipinski definition) is 4. The Hall–Kier alpha value is -2.22. The van der Waals surface area contributed by atoms with Crippen molar-refractivity contribution in [2.45, 2.75) is 25.3 Å². The van der Waals surface area contributed by atoms with E-state index in [-0.39, 0.29) is 5.97 Å². The van der Waals surface area contributed by atoms with E-state index in [0.29, 0.717) is 23.5 Å². The lowest BCUT2D eigenvalue weighted by Crippen LogP contribution is -3.13. The van der Waals surface area contributed by atoms with E-state index in [9.17, 15) is 13.2 Å². The fraction of sp³-hybridized carbons (Fsp3) is 0.381. The van der Waals surface area contributed by atoms with Crippen molar-refractivity contribution in [2.75, 3.05) is 33.3 Å². The third-order valence-corrected chi connectivity index (χ3v) is 7.24. The number of nitrogens with zero attached hydrogens (tertiary/aromatic N) is 1. The Morgan fingerprint density at radius 1 is 1.11 bits per heavy atom. The molecule has 1 fully saturated rings. The third kappa shape index (κ3) is 4.43. The molecule has 0 bridgehead atoms. The molecule has 0 atom stereocenters. The monoisotopic (exact) mass is 403 g/mol. The van der Waals surface area contributed by atoms with Crippen LogP contribution >= 0.6 is 0 Å². The second-order valence-electron chi connectivity index (χ2n) is 7.29. The first kappa shape index (κ1) is 20.5. The van der Waals surface area contributed by atoms with Gasteiger partial charge in [0.15, 0.2) is 0 Å². The van der Waals surface area contributed by atoms with Crippen LogP contribution in [0.25, 0.3) is 0 Å². The third-order valence-electron chi connectivity index (χ3n) is 5.18. The number of methoxy groups -OCH3 is 1. The number of quaternary nitrogens is 1. The summed E-state index contributed by atoms with van der Waals surface area (Å²) in [6, 6.07) is 12.9. The number of benzene rings is 2. The van der Waals surface area contributed by atoms with Gasteiger partial charge in [0.2, 0.25) is 10.0 Å². The van der Waals surface area contributed by atoms with Crippen LogP contribution in [0, 0.1) is 13.8 Å². The lowest BCUT2D eigenvalue weighted by molar-refractivity contribution is -0.917. The number of nitrogens with one attached hydrogen (secondary N) is 1. The van der Waals surface area contributed by atoms with Crippen molar-refractivity contribution in [1.29, 1.82) is 0 Å². The van der Waals surface area contributed by atoms with Crippen LogP contribution in [-0.2, 0) is 21.3 Å². The topological polar surface area (TPSA) is 68.1 Å². The molecule has 0 amide bonds. The quantitative estimate of drug-likeness (QED) is 0.762. The second-order valence-corrected chi connectivity index (χ2v) is 9.20. The summed E-state index contributed by atoms with van der Waals surface area (Å²) >= 11 is 0. The largest absolute Gasteiger partial charge is 0.465 e. The van der Waals surface area contributed by atoms with Gasteiger partial charge in [-0.1, -0.05) is 29.8 Å². The Morgan fingerprint density at radius 3 is 2.46 bits per heavy atom. The smallest absolute Gasteiger partial charge is 0.337 e. The first-order valence-corrected chi connectivity index (χ1v) is 10.8. The Labute approximate surface area is 166 Å². The first-order chi connectivity index (χ1) is 13.3. The molecule has 1 aliphatic rings. The van der Waals surface area contributed by atoms with Gasteiger partial charge in [0.05, 0.1) is 43.7 Å². The van der Waals surface area contributed by atoms with E-state index in [1.165, 1.54) is 12.0 Å². The minimum atomic E-state index is -3.47. The number of hydrogen-bond donors (Lipinski definition) is 1. The van der Waals surface area contributed by atoms with Gasteiger partial charge in [0, 0.05) is 5.56 Å². The van der Waals surface area contributed by atoms with Gasteiger partial charge in [-0.05, 0) is 37.6 Å². The first-order valence-electron chi connectivity index (χ1n) is 9.39. The van der Waals surface area contributed by atoms with Crippen molar-refractivity contribution in [1.82, 2.24) is 4.31 Å². The maximum atomic E-state index is 13.0. The van der Waals surface area contributed by atoms with E-state index in [0.717, 1.165) is 36.3 Å². The van der Waals surface area contributed by atoms with Crippen LogP contribution in [0.15, 0.2) is 47.4 Å². The summed E-state index contributed by atoms with van der Waals surface area (Å²) in [6.45, 7) is 6.99. The molecule has 2 aromatic rings. The van der Waals surface area contributed by atoms with Crippen molar-refractivity contribution in [3.05, 3.63) is 64.7 Å². The molecule has 1 N–H and O–H groups in total. The average molecular weight is 404 g/mol. The van der Waals surface area contributed by atoms with Crippen LogP contribution in [-0.4, -0.2) is 52.0 Å². The molecule has 2 aromatic carbocycles. The Morgan fingerprint density at radius 2 is 1.82 bits per heavy atom. The molecule has 0 saturated carbocycles. The van der Waals surface area contributed by atoms with Gasteiger partial charge in [0.1, 0.15) is 6.54 Å². The van der Waals surface area contributed by atoms with Crippen LogP contribution in [0.5, 0.6) is 0 Å². The van der Waals surface area contributed by atoms with Crippen LogP contribution in [0.3, 0.4) is 0 Å². The maximum Gasteiger partial charge on any atom is 0.337 e. The van der Waals surface area contributed by atoms with Gasteiger partial charge in [0.25, 0.3) is 0 Å². The lowest BCUT2D eigenvalue weighted by atomic mass is 10.1. The van der Waals surface area contributed by atoms with E-state index in [1.54, 1.807) is 16.4 Å². The summed E-state index contributed by atoms with van der Waals surface area (Å²) in [6.07, 6.45) is 0. The van der Waals surface area contributed by atoms with Gasteiger partial charge >= 0.3 is 5.97 Å². The van der Waals surface area contributed by atoms with Crippen LogP contribution in [0.4, 0.5) is 0 Å². The highest BCUT2D eigenvalue weighted by molar-refractivity contribution is 7.89. The van der Waals surface area contributed by atoms with E-state index < -0.39 is 10.0 Å². The normalized spacial score (nSPS) is 16.1. The summed E-state index contributed by atoms with van der Waals surface area (Å²) in [5.74, 6) is -0.346. The molecule has 150 valence electrons. The highest BCUT2D eigenvalue weighted by Crippen LogP contribution is 2.21. The molecule has 7 heteroatoms. The summed E-state index contributed by atoms with van der Waals surface area (Å²) in [7, 11) is -2.10. The molecule has 3 rings (SSSR count). The number of aryl methyl sites for hydroxylation is 2. The van der Waals surface area contributed by atoms with Gasteiger partial charge in [-0.15, -0.1) is 0 Å². The van der Waals surface area contributed by atoms with Crippen molar-refractivity contribution >= 4 is 16.0 Å². The Bertz CT molecular complexity index is 964. The van der Waals surface area contributed by atoms with E-state index in [1.807, 2.05) is 44.2 Å². The number of sulfonamides is 1. The fourth-order valence-corrected chi connectivity index (χ4v) is 5.31. The summed E-state index contributed by atoms with van der Waals surface area (Å²) in [4.78, 5) is 13.4. The minimum Gasteiger partial charge on any atom is -0.465 e. The van der Waals surface area contributed by atoms with Gasteiger partial charge in [-0.3, -0.25) is 0 Å². The lowest BCUT2D eigenvalue weighted by Gasteiger charge is -2.32. The van der Waals surface area contributed by atoms with Crippen LogP contribution < -0.4 is 4.90 Å². The summed E-state index contributed by atoms with van der Waals surface area (Å²) in [5.41, 5.74) is 3.42. The maximum absolute atomic E-state index is 13.0. The molecule has 28 heavy (non-hydrogen) atoms. The SMILES string of the molecule is COC(=O)c1cccc(C[NH+]2CCN(S(=O)(=O)c3ccc(C)cc3C)CC2)c1. The Balaban J connectivity index is 1.65. The molecule has 1 aliphatic heterocycles. The minimum absolute atomic E-state index is 0.346. The molecule has 0 aliphatic carbocycles. The Kier molecular flexibility index (Phi) is 6.17. The highest BCUT2D eigenvalue weighted by Gasteiger charge is 2.31. The number of piperazine rings is 1. The summed E-state index contributed by atoms with van der Waals surface area (Å²) in [5, 5.41) is 0. The predicted octanol–water partition coefficient (Wildman–Crippen LogP) is 1.18. The number of ether oxygens (including phenoxy) is 1. The zero-order valence-electron chi connectivity index (χ0n) is 16.6. The predicted molar refractivity (Wildman–Crippen MR) is 107 cm³/mol. The average Bonchev–Trinajstić information content (AvgIpc) is 2.67. The highest BCUT2D eigenvalue weighted by atomic mass is 32.2. The van der Waals surface area contributed by atoms with E-state index in [4.69, 9.17) is 4.74 Å². The zero-order chi connectivity index (χ0) is 20.3. The van der Waals surface area contributed by atoms with E-state index >= 15 is 0 Å². The van der Waals surface area contributed by atoms with Crippen molar-refractivity contribution in [3.63, 3.8) is 0 Å². The number of esters is 1. The van der Waals surface area contributed by atoms with Crippen molar-refractivity contribution in [2.24, 2.45) is 0 Å². The number of carbonyl (C=O) groups is 1. The second kappa shape index (κ2) is 8.43. The van der Waals surface area contributed by atoms with E-state index in [2.05, 4.69) is 0 Å². The van der Waals surface area contributed by atoms with Crippen molar-refractivity contribution < 1.29 is 22.8 Å². The molecule has 0 aromatic heterocycles. The molecule has 1 heterocycles. The molecular weight excluding hydrogens is 376 g/mol. The van der Waals surface area contributed by atoms with Crippen molar-refractivity contribution in [3.8, 4) is 0 Å². The zero-order valence-corrected chi connectivity index (χ0v) is 17.4. The molecule has 6 nitrogen and oxygen atoms in total. The van der Waals surface area contributed by atoms with Gasteiger partial charge in [-0.25, -0.2) is 13.2 Å². The van der Waals surface area contributed by atoms with Crippen LogP contribution in [0.1, 0.15) is 27.0 Å². The molecule has 1 saturated heterocycles. The molecule has 0 spiro atoms.